The van der Waals surface area contributed by atoms with Crippen LogP contribution in [0.3, 0.4) is 0 Å². The predicted octanol–water partition coefficient (Wildman–Crippen LogP) is 3.15. The number of carbonyl (C=O) groups excluding carboxylic acids is 1. The van der Waals surface area contributed by atoms with Crippen molar-refractivity contribution in [2.45, 2.75) is 12.7 Å². The standard InChI is InChI=1S/C17H19N3O3S/c1-12-2-4-13(5-3-12)11-24-9-8-19-17(21)14-6-7-15(18)16(10-14)20(22)23/h2-7,10H,8-9,11,18H2,1H3,(H,19,21). The first-order chi connectivity index (χ1) is 11.5. The quantitative estimate of drug-likeness (QED) is 0.348. The number of nitrogen functional groups attached to an aromatic ring is 1. The summed E-state index contributed by atoms with van der Waals surface area (Å²) in [5.74, 6) is 1.30. The van der Waals surface area contributed by atoms with E-state index in [0.717, 1.165) is 11.5 Å². The summed E-state index contributed by atoms with van der Waals surface area (Å²) in [7, 11) is 0. The third-order valence-electron chi connectivity index (χ3n) is 3.41. The van der Waals surface area contributed by atoms with Crippen molar-refractivity contribution in [1.29, 1.82) is 0 Å². The Bertz CT molecular complexity index is 732. The molecule has 0 unspecified atom stereocenters. The number of hydrogen-bond acceptors (Lipinski definition) is 5. The molecule has 2 rings (SSSR count). The monoisotopic (exact) mass is 345 g/mol. The number of nitrogens with one attached hydrogen (secondary N) is 1. The van der Waals surface area contributed by atoms with Crippen LogP contribution in [0.25, 0.3) is 0 Å². The van der Waals surface area contributed by atoms with E-state index in [1.807, 2.05) is 6.92 Å². The van der Waals surface area contributed by atoms with Crippen molar-refractivity contribution in [2.75, 3.05) is 18.0 Å². The number of nitro benzene ring substituents is 1. The Hall–Kier alpha value is -2.54. The number of amides is 1. The fourth-order valence-electron chi connectivity index (χ4n) is 2.06. The lowest BCUT2D eigenvalue weighted by Gasteiger charge is -2.06. The lowest BCUT2D eigenvalue weighted by atomic mass is 10.1. The molecule has 0 spiro atoms. The second kappa shape index (κ2) is 8.35. The summed E-state index contributed by atoms with van der Waals surface area (Å²) in [5.41, 5.74) is 8.02. The first kappa shape index (κ1) is 17.8. The van der Waals surface area contributed by atoms with Gasteiger partial charge in [0.15, 0.2) is 0 Å². The van der Waals surface area contributed by atoms with Gasteiger partial charge >= 0.3 is 0 Å². The summed E-state index contributed by atoms with van der Waals surface area (Å²) in [6.45, 7) is 2.54. The number of benzene rings is 2. The summed E-state index contributed by atoms with van der Waals surface area (Å²) in [4.78, 5) is 22.3. The molecule has 0 aliphatic heterocycles. The van der Waals surface area contributed by atoms with Crippen molar-refractivity contribution in [3.05, 3.63) is 69.3 Å². The normalized spacial score (nSPS) is 10.4. The Morgan fingerprint density at radius 2 is 1.96 bits per heavy atom. The van der Waals surface area contributed by atoms with Gasteiger partial charge in [0.25, 0.3) is 11.6 Å². The van der Waals surface area contributed by atoms with E-state index in [-0.39, 0.29) is 22.8 Å². The number of carbonyl (C=O) groups is 1. The van der Waals surface area contributed by atoms with Gasteiger partial charge in [-0.25, -0.2) is 0 Å². The van der Waals surface area contributed by atoms with Crippen molar-refractivity contribution in [1.82, 2.24) is 5.32 Å². The van der Waals surface area contributed by atoms with Gasteiger partial charge in [-0.05, 0) is 24.6 Å². The van der Waals surface area contributed by atoms with Gasteiger partial charge in [0.1, 0.15) is 5.69 Å². The SMILES string of the molecule is Cc1ccc(CSCCNC(=O)c2ccc(N)c([N+](=O)[O-])c2)cc1. The van der Waals surface area contributed by atoms with E-state index in [2.05, 4.69) is 29.6 Å². The maximum Gasteiger partial charge on any atom is 0.292 e. The molecule has 0 aromatic heterocycles. The Morgan fingerprint density at radius 1 is 1.25 bits per heavy atom. The van der Waals surface area contributed by atoms with Crippen molar-refractivity contribution in [2.24, 2.45) is 0 Å². The van der Waals surface area contributed by atoms with E-state index in [1.165, 1.54) is 29.3 Å². The van der Waals surface area contributed by atoms with Crippen LogP contribution in [0, 0.1) is 17.0 Å². The van der Waals surface area contributed by atoms with Gasteiger partial charge in [-0.3, -0.25) is 14.9 Å². The minimum Gasteiger partial charge on any atom is -0.393 e. The van der Waals surface area contributed by atoms with Crippen molar-refractivity contribution in [3.8, 4) is 0 Å². The van der Waals surface area contributed by atoms with Crippen molar-refractivity contribution in [3.63, 3.8) is 0 Å². The molecule has 24 heavy (non-hydrogen) atoms. The second-order valence-corrected chi connectivity index (χ2v) is 6.43. The fraction of sp³-hybridized carbons (Fsp3) is 0.235. The number of nitrogens with two attached hydrogens (primary N) is 1. The molecular formula is C17H19N3O3S. The lowest BCUT2D eigenvalue weighted by Crippen LogP contribution is -2.25. The molecule has 0 saturated heterocycles. The van der Waals surface area contributed by atoms with Crippen LogP contribution in [0.15, 0.2) is 42.5 Å². The molecule has 1 amide bonds. The highest BCUT2D eigenvalue weighted by molar-refractivity contribution is 7.98. The summed E-state index contributed by atoms with van der Waals surface area (Å²) in [6.07, 6.45) is 0. The summed E-state index contributed by atoms with van der Waals surface area (Å²) in [6, 6.07) is 12.4. The van der Waals surface area contributed by atoms with Gasteiger partial charge in [-0.2, -0.15) is 11.8 Å². The minimum atomic E-state index is -0.594. The lowest BCUT2D eigenvalue weighted by molar-refractivity contribution is -0.383. The zero-order valence-corrected chi connectivity index (χ0v) is 14.1. The topological polar surface area (TPSA) is 98.3 Å². The van der Waals surface area contributed by atoms with E-state index in [4.69, 9.17) is 5.73 Å². The van der Waals surface area contributed by atoms with Gasteiger partial charge in [-0.1, -0.05) is 29.8 Å². The van der Waals surface area contributed by atoms with E-state index in [9.17, 15) is 14.9 Å². The number of thioether (sulfide) groups is 1. The Balaban J connectivity index is 1.78. The third-order valence-corrected chi connectivity index (χ3v) is 4.44. The Kier molecular flexibility index (Phi) is 6.20. The predicted molar refractivity (Wildman–Crippen MR) is 97.2 cm³/mol. The molecule has 0 saturated carbocycles. The van der Waals surface area contributed by atoms with Gasteiger partial charge < -0.3 is 11.1 Å². The molecule has 0 aliphatic carbocycles. The van der Waals surface area contributed by atoms with E-state index in [1.54, 1.807) is 11.8 Å². The average Bonchev–Trinajstić information content (AvgIpc) is 2.56. The van der Waals surface area contributed by atoms with Gasteiger partial charge in [0.05, 0.1) is 4.92 Å². The number of nitro groups is 1. The highest BCUT2D eigenvalue weighted by Gasteiger charge is 2.15. The fourth-order valence-corrected chi connectivity index (χ4v) is 2.88. The zero-order chi connectivity index (χ0) is 17.5. The van der Waals surface area contributed by atoms with Crippen LogP contribution >= 0.6 is 11.8 Å². The molecule has 7 heteroatoms. The molecule has 6 nitrogen and oxygen atoms in total. The molecule has 0 bridgehead atoms. The van der Waals surface area contributed by atoms with Crippen LogP contribution in [0.1, 0.15) is 21.5 Å². The number of nitrogens with zero attached hydrogens (tertiary/aromatic N) is 1. The maximum absolute atomic E-state index is 12.0. The van der Waals surface area contributed by atoms with E-state index < -0.39 is 4.92 Å². The molecule has 0 fully saturated rings. The summed E-state index contributed by atoms with van der Waals surface area (Å²) in [5, 5.41) is 13.6. The van der Waals surface area contributed by atoms with Gasteiger partial charge in [0, 0.05) is 29.7 Å². The van der Waals surface area contributed by atoms with E-state index >= 15 is 0 Å². The molecule has 126 valence electrons. The summed E-state index contributed by atoms with van der Waals surface area (Å²) < 4.78 is 0. The molecule has 2 aromatic rings. The van der Waals surface area contributed by atoms with Crippen LogP contribution in [-0.4, -0.2) is 23.1 Å². The largest absolute Gasteiger partial charge is 0.393 e. The molecule has 0 atom stereocenters. The van der Waals surface area contributed by atoms with Crippen LogP contribution < -0.4 is 11.1 Å². The number of hydrogen-bond donors (Lipinski definition) is 2. The second-order valence-electron chi connectivity index (χ2n) is 5.32. The molecule has 0 radical (unpaired) electrons. The first-order valence-corrected chi connectivity index (χ1v) is 8.58. The Labute approximate surface area is 144 Å². The third kappa shape index (κ3) is 4.99. The Morgan fingerprint density at radius 3 is 2.62 bits per heavy atom. The van der Waals surface area contributed by atoms with Crippen molar-refractivity contribution >= 4 is 29.0 Å². The smallest absolute Gasteiger partial charge is 0.292 e. The number of rotatable bonds is 7. The minimum absolute atomic E-state index is 0.0465. The van der Waals surface area contributed by atoms with E-state index in [0.29, 0.717) is 6.54 Å². The van der Waals surface area contributed by atoms with Gasteiger partial charge in [-0.15, -0.1) is 0 Å². The molecule has 3 N–H and O–H groups in total. The summed E-state index contributed by atoms with van der Waals surface area (Å²) >= 11 is 1.72. The van der Waals surface area contributed by atoms with Crippen LogP contribution in [0.2, 0.25) is 0 Å². The highest BCUT2D eigenvalue weighted by Crippen LogP contribution is 2.22. The van der Waals surface area contributed by atoms with Gasteiger partial charge in [0.2, 0.25) is 0 Å². The average molecular weight is 345 g/mol. The van der Waals surface area contributed by atoms with Crippen LogP contribution in [0.4, 0.5) is 11.4 Å². The number of anilines is 1. The zero-order valence-electron chi connectivity index (χ0n) is 13.3. The molecule has 0 heterocycles. The van der Waals surface area contributed by atoms with Crippen molar-refractivity contribution < 1.29 is 9.72 Å². The van der Waals surface area contributed by atoms with Crippen LogP contribution in [0.5, 0.6) is 0 Å². The molecule has 2 aromatic carbocycles. The maximum atomic E-state index is 12.0. The number of aryl methyl sites for hydroxylation is 1. The highest BCUT2D eigenvalue weighted by atomic mass is 32.2. The first-order valence-electron chi connectivity index (χ1n) is 7.43. The molecule has 0 aliphatic rings. The molecular weight excluding hydrogens is 326 g/mol. The van der Waals surface area contributed by atoms with Crippen LogP contribution in [-0.2, 0) is 5.75 Å².